The second kappa shape index (κ2) is 7.39. The van der Waals surface area contributed by atoms with Gasteiger partial charge < -0.3 is 11.1 Å². The first-order valence-corrected chi connectivity index (χ1v) is 8.28. The van der Waals surface area contributed by atoms with Crippen LogP contribution in [0.5, 0.6) is 0 Å². The second-order valence-electron chi connectivity index (χ2n) is 5.55. The van der Waals surface area contributed by atoms with E-state index in [1.54, 1.807) is 0 Å². The van der Waals surface area contributed by atoms with Gasteiger partial charge in [0, 0.05) is 0 Å². The molecule has 3 N–H and O–H groups in total. The molecular weight excluding hydrogens is 244 g/mol. The molecule has 106 valence electrons. The Hall–Kier alpha value is -0.220. The Morgan fingerprint density at radius 1 is 1.61 bits per heavy atom. The van der Waals surface area contributed by atoms with Gasteiger partial charge in [-0.1, -0.05) is 26.7 Å². The van der Waals surface area contributed by atoms with Crippen LogP contribution in [0.15, 0.2) is 0 Å². The number of nitrogens with two attached hydrogens (primary N) is 1. The Morgan fingerprint density at radius 2 is 2.33 bits per heavy atom. The Labute approximate surface area is 116 Å². The fraction of sp³-hybridized carbons (Fsp3) is 0.929. The SMILES string of the molecule is CCC(C)CSCCC1CCCC1(NC)C(N)=O. The molecule has 0 aromatic carbocycles. The number of thioether (sulfide) groups is 1. The Kier molecular flexibility index (Phi) is 6.50. The minimum absolute atomic E-state index is 0.167. The van der Waals surface area contributed by atoms with Gasteiger partial charge in [0.2, 0.25) is 5.91 Å². The summed E-state index contributed by atoms with van der Waals surface area (Å²) in [7, 11) is 1.87. The van der Waals surface area contributed by atoms with Crippen LogP contribution in [0.2, 0.25) is 0 Å². The predicted molar refractivity (Wildman–Crippen MR) is 79.7 cm³/mol. The van der Waals surface area contributed by atoms with Crippen molar-refractivity contribution < 1.29 is 4.79 Å². The molecule has 1 fully saturated rings. The third kappa shape index (κ3) is 3.64. The van der Waals surface area contributed by atoms with Crippen molar-refractivity contribution in [2.24, 2.45) is 17.6 Å². The van der Waals surface area contributed by atoms with Crippen LogP contribution in [-0.2, 0) is 4.79 Å². The molecule has 1 aliphatic carbocycles. The summed E-state index contributed by atoms with van der Waals surface area (Å²) in [6, 6.07) is 0. The van der Waals surface area contributed by atoms with Crippen LogP contribution < -0.4 is 11.1 Å². The number of rotatable bonds is 8. The fourth-order valence-corrected chi connectivity index (χ4v) is 4.13. The van der Waals surface area contributed by atoms with E-state index in [0.717, 1.165) is 37.4 Å². The van der Waals surface area contributed by atoms with Gasteiger partial charge in [-0.2, -0.15) is 11.8 Å². The van der Waals surface area contributed by atoms with Gasteiger partial charge in [0.25, 0.3) is 0 Å². The number of nitrogens with one attached hydrogen (secondary N) is 1. The highest BCUT2D eigenvalue weighted by Gasteiger charge is 2.45. The second-order valence-corrected chi connectivity index (χ2v) is 6.70. The van der Waals surface area contributed by atoms with Crippen molar-refractivity contribution in [3.63, 3.8) is 0 Å². The molecule has 1 saturated carbocycles. The summed E-state index contributed by atoms with van der Waals surface area (Å²) < 4.78 is 0. The highest BCUT2D eigenvalue weighted by molar-refractivity contribution is 7.99. The minimum Gasteiger partial charge on any atom is -0.368 e. The largest absolute Gasteiger partial charge is 0.368 e. The number of carbonyl (C=O) groups is 1. The van der Waals surface area contributed by atoms with Crippen molar-refractivity contribution in [1.29, 1.82) is 0 Å². The van der Waals surface area contributed by atoms with Gasteiger partial charge in [0.15, 0.2) is 0 Å². The molecule has 0 aromatic rings. The molecule has 0 saturated heterocycles. The van der Waals surface area contributed by atoms with Gasteiger partial charge in [-0.3, -0.25) is 4.79 Å². The maximum Gasteiger partial charge on any atom is 0.238 e. The lowest BCUT2D eigenvalue weighted by molar-refractivity contribution is -0.125. The van der Waals surface area contributed by atoms with Gasteiger partial charge >= 0.3 is 0 Å². The summed E-state index contributed by atoms with van der Waals surface area (Å²) in [4.78, 5) is 11.7. The monoisotopic (exact) mass is 272 g/mol. The molecule has 0 aromatic heterocycles. The number of likely N-dealkylation sites (N-methyl/N-ethyl adjacent to an activating group) is 1. The average Bonchev–Trinajstić information content (AvgIpc) is 2.78. The lowest BCUT2D eigenvalue weighted by atomic mass is 9.84. The molecular formula is C14H28N2OS. The molecule has 0 bridgehead atoms. The van der Waals surface area contributed by atoms with Crippen molar-refractivity contribution in [2.75, 3.05) is 18.6 Å². The molecule has 0 heterocycles. The molecule has 1 rings (SSSR count). The molecule has 3 atom stereocenters. The van der Waals surface area contributed by atoms with Crippen LogP contribution in [0.4, 0.5) is 0 Å². The number of hydrogen-bond acceptors (Lipinski definition) is 3. The van der Waals surface area contributed by atoms with E-state index in [1.807, 2.05) is 18.8 Å². The van der Waals surface area contributed by atoms with Crippen LogP contribution in [0.1, 0.15) is 46.0 Å². The standard InChI is InChI=1S/C14H28N2OS/c1-4-11(2)10-18-9-7-12-6-5-8-14(12,16-3)13(15)17/h11-12,16H,4-10H2,1-3H3,(H2,15,17). The summed E-state index contributed by atoms with van der Waals surface area (Å²) in [6.45, 7) is 4.53. The predicted octanol–water partition coefficient (Wildman–Crippen LogP) is 2.40. The van der Waals surface area contributed by atoms with E-state index in [-0.39, 0.29) is 5.91 Å². The highest BCUT2D eigenvalue weighted by atomic mass is 32.2. The normalized spacial score (nSPS) is 29.4. The Balaban J connectivity index is 2.39. The number of amides is 1. The molecule has 1 aliphatic rings. The van der Waals surface area contributed by atoms with Crippen LogP contribution in [0.3, 0.4) is 0 Å². The summed E-state index contributed by atoms with van der Waals surface area (Å²) in [5, 5.41) is 3.20. The summed E-state index contributed by atoms with van der Waals surface area (Å²) in [5.74, 6) is 3.42. The quantitative estimate of drug-likeness (QED) is 0.667. The number of hydrogen-bond donors (Lipinski definition) is 2. The molecule has 3 unspecified atom stereocenters. The lowest BCUT2D eigenvalue weighted by Crippen LogP contribution is -2.56. The summed E-state index contributed by atoms with van der Waals surface area (Å²) >= 11 is 2.02. The fourth-order valence-electron chi connectivity index (χ4n) is 2.87. The first-order chi connectivity index (χ1) is 8.56. The average molecular weight is 272 g/mol. The zero-order valence-corrected chi connectivity index (χ0v) is 12.8. The number of carbonyl (C=O) groups excluding carboxylic acids is 1. The van der Waals surface area contributed by atoms with Gasteiger partial charge in [-0.25, -0.2) is 0 Å². The van der Waals surface area contributed by atoms with E-state index in [4.69, 9.17) is 5.73 Å². The van der Waals surface area contributed by atoms with Gasteiger partial charge in [-0.05, 0) is 49.7 Å². The van der Waals surface area contributed by atoms with Gasteiger partial charge in [0.1, 0.15) is 5.54 Å². The summed E-state index contributed by atoms with van der Waals surface area (Å²) in [6.07, 6.45) is 5.50. The van der Waals surface area contributed by atoms with Crippen LogP contribution in [0.25, 0.3) is 0 Å². The van der Waals surface area contributed by atoms with E-state index < -0.39 is 5.54 Å². The van der Waals surface area contributed by atoms with E-state index in [0.29, 0.717) is 5.92 Å². The molecule has 4 heteroatoms. The van der Waals surface area contributed by atoms with E-state index in [2.05, 4.69) is 19.2 Å². The molecule has 1 amide bonds. The zero-order chi connectivity index (χ0) is 13.6. The highest BCUT2D eigenvalue weighted by Crippen LogP contribution is 2.38. The molecule has 0 aliphatic heterocycles. The van der Waals surface area contributed by atoms with Crippen LogP contribution in [0, 0.1) is 11.8 Å². The van der Waals surface area contributed by atoms with Crippen LogP contribution >= 0.6 is 11.8 Å². The van der Waals surface area contributed by atoms with Crippen molar-refractivity contribution in [3.05, 3.63) is 0 Å². The molecule has 0 spiro atoms. The van der Waals surface area contributed by atoms with E-state index >= 15 is 0 Å². The Bertz CT molecular complexity index is 273. The maximum absolute atomic E-state index is 11.7. The molecule has 18 heavy (non-hydrogen) atoms. The maximum atomic E-state index is 11.7. The first-order valence-electron chi connectivity index (χ1n) is 7.13. The van der Waals surface area contributed by atoms with E-state index in [9.17, 15) is 4.79 Å². The minimum atomic E-state index is -0.434. The van der Waals surface area contributed by atoms with Crippen LogP contribution in [-0.4, -0.2) is 30.0 Å². The topological polar surface area (TPSA) is 55.1 Å². The van der Waals surface area contributed by atoms with Crippen molar-refractivity contribution >= 4 is 17.7 Å². The Morgan fingerprint density at radius 3 is 2.89 bits per heavy atom. The van der Waals surface area contributed by atoms with E-state index in [1.165, 1.54) is 12.2 Å². The first kappa shape index (κ1) is 15.8. The number of primary amides is 1. The van der Waals surface area contributed by atoms with Crippen molar-refractivity contribution in [1.82, 2.24) is 5.32 Å². The summed E-state index contributed by atoms with van der Waals surface area (Å²) in [5.41, 5.74) is 5.17. The third-order valence-electron chi connectivity index (χ3n) is 4.42. The third-order valence-corrected chi connectivity index (χ3v) is 5.75. The van der Waals surface area contributed by atoms with Crippen molar-refractivity contribution in [2.45, 2.75) is 51.5 Å². The van der Waals surface area contributed by atoms with Gasteiger partial charge in [0.05, 0.1) is 0 Å². The van der Waals surface area contributed by atoms with Crippen molar-refractivity contribution in [3.8, 4) is 0 Å². The van der Waals surface area contributed by atoms with Gasteiger partial charge in [-0.15, -0.1) is 0 Å². The smallest absolute Gasteiger partial charge is 0.238 e. The zero-order valence-electron chi connectivity index (χ0n) is 12.0. The molecule has 0 radical (unpaired) electrons. The molecule has 3 nitrogen and oxygen atoms in total. The lowest BCUT2D eigenvalue weighted by Gasteiger charge is -2.32.